The van der Waals surface area contributed by atoms with Crippen LogP contribution in [0.3, 0.4) is 0 Å². The topological polar surface area (TPSA) is 65.0 Å². The highest BCUT2D eigenvalue weighted by atomic mass is 19.1. The van der Waals surface area contributed by atoms with Crippen LogP contribution in [0.5, 0.6) is 23.0 Å². The van der Waals surface area contributed by atoms with Gasteiger partial charge in [0.1, 0.15) is 18.1 Å². The molecular formula is C23H12F2O5. The number of phenols is 1. The predicted molar refractivity (Wildman–Crippen MR) is 101 cm³/mol. The predicted octanol–water partition coefficient (Wildman–Crippen LogP) is 4.25. The van der Waals surface area contributed by atoms with Gasteiger partial charge < -0.3 is 19.3 Å². The molecule has 2 aliphatic rings. The zero-order valence-corrected chi connectivity index (χ0v) is 15.2. The number of aromatic hydroxyl groups is 1. The molecule has 0 saturated carbocycles. The first kappa shape index (κ1) is 18.0. The Hall–Kier alpha value is -4.05. The highest BCUT2D eigenvalue weighted by Gasteiger charge is 2.54. The van der Waals surface area contributed by atoms with Gasteiger partial charge in [0, 0.05) is 17.7 Å². The molecule has 5 rings (SSSR count). The third-order valence-electron chi connectivity index (χ3n) is 5.14. The lowest BCUT2D eigenvalue weighted by Crippen LogP contribution is -2.33. The number of benzene rings is 3. The van der Waals surface area contributed by atoms with Crippen molar-refractivity contribution < 1.29 is 32.9 Å². The monoisotopic (exact) mass is 406 g/mol. The molecule has 5 nitrogen and oxygen atoms in total. The van der Waals surface area contributed by atoms with Gasteiger partial charge in [0.05, 0.1) is 16.7 Å². The quantitative estimate of drug-likeness (QED) is 0.509. The van der Waals surface area contributed by atoms with Gasteiger partial charge in [-0.3, -0.25) is 0 Å². The molecule has 30 heavy (non-hydrogen) atoms. The molecule has 1 unspecified atom stereocenters. The van der Waals surface area contributed by atoms with Crippen LogP contribution in [-0.4, -0.2) is 17.7 Å². The average Bonchev–Trinajstić information content (AvgIpc) is 3.03. The van der Waals surface area contributed by atoms with Crippen LogP contribution in [0.1, 0.15) is 27.0 Å². The second kappa shape index (κ2) is 6.22. The van der Waals surface area contributed by atoms with Crippen molar-refractivity contribution in [2.24, 2.45) is 0 Å². The van der Waals surface area contributed by atoms with Crippen LogP contribution in [0.4, 0.5) is 8.78 Å². The zero-order valence-electron chi connectivity index (χ0n) is 15.2. The molecule has 0 aromatic heterocycles. The SMILES string of the molecule is C#CCOc1cc2c(cc1F)C1(OC(=O)c3ccccc31)c1cc(F)c(O)cc1O2. The standard InChI is InChI=1S/C23H12F2O5/c1-2-7-28-21-11-20-15(9-17(21)25)23(13-6-4-3-5-12(13)22(27)30-23)14-8-16(24)18(26)10-19(14)29-20/h1,3-6,8-11,26H,7H2. The first-order chi connectivity index (χ1) is 14.5. The van der Waals surface area contributed by atoms with E-state index in [1.54, 1.807) is 24.3 Å². The van der Waals surface area contributed by atoms with E-state index in [1.807, 2.05) is 0 Å². The van der Waals surface area contributed by atoms with Crippen molar-refractivity contribution in [2.75, 3.05) is 6.61 Å². The third kappa shape index (κ3) is 2.31. The van der Waals surface area contributed by atoms with Crippen molar-refractivity contribution >= 4 is 5.97 Å². The molecule has 3 aromatic rings. The van der Waals surface area contributed by atoms with E-state index in [0.717, 1.165) is 18.2 Å². The Kier molecular flexibility index (Phi) is 3.74. The highest BCUT2D eigenvalue weighted by Crippen LogP contribution is 2.57. The molecule has 0 aliphatic carbocycles. The molecule has 0 saturated heterocycles. The van der Waals surface area contributed by atoms with Gasteiger partial charge in [-0.1, -0.05) is 24.1 Å². The first-order valence-electron chi connectivity index (χ1n) is 8.89. The minimum atomic E-state index is -1.66. The maximum Gasteiger partial charge on any atom is 0.340 e. The lowest BCUT2D eigenvalue weighted by atomic mass is 9.77. The van der Waals surface area contributed by atoms with Crippen molar-refractivity contribution in [3.63, 3.8) is 0 Å². The highest BCUT2D eigenvalue weighted by molar-refractivity contribution is 5.97. The first-order valence-corrected chi connectivity index (χ1v) is 8.89. The van der Waals surface area contributed by atoms with Crippen LogP contribution in [-0.2, 0) is 10.3 Å². The smallest absolute Gasteiger partial charge is 0.340 e. The molecule has 0 radical (unpaired) electrons. The molecule has 1 atom stereocenters. The molecular weight excluding hydrogens is 394 g/mol. The molecule has 148 valence electrons. The van der Waals surface area contributed by atoms with Crippen molar-refractivity contribution in [1.82, 2.24) is 0 Å². The second-order valence-corrected chi connectivity index (χ2v) is 6.79. The van der Waals surface area contributed by atoms with E-state index in [0.29, 0.717) is 5.56 Å². The minimum Gasteiger partial charge on any atom is -0.505 e. The summed E-state index contributed by atoms with van der Waals surface area (Å²) >= 11 is 0. The Bertz CT molecular complexity index is 1280. The van der Waals surface area contributed by atoms with Crippen molar-refractivity contribution in [1.29, 1.82) is 0 Å². The van der Waals surface area contributed by atoms with Gasteiger partial charge in [0.25, 0.3) is 0 Å². The summed E-state index contributed by atoms with van der Waals surface area (Å²) in [5.74, 6) is -0.718. The van der Waals surface area contributed by atoms with Gasteiger partial charge in [0.15, 0.2) is 28.7 Å². The lowest BCUT2D eigenvalue weighted by Gasteiger charge is -2.36. The van der Waals surface area contributed by atoms with Crippen LogP contribution < -0.4 is 9.47 Å². The fourth-order valence-electron chi connectivity index (χ4n) is 3.91. The van der Waals surface area contributed by atoms with Crippen molar-refractivity contribution in [3.8, 4) is 35.3 Å². The van der Waals surface area contributed by atoms with Crippen LogP contribution in [0.25, 0.3) is 0 Å². The number of phenolic OH excluding ortho intramolecular Hbond substituents is 1. The lowest BCUT2D eigenvalue weighted by molar-refractivity contribution is 0.0221. The largest absolute Gasteiger partial charge is 0.505 e. The van der Waals surface area contributed by atoms with Crippen LogP contribution in [0.15, 0.2) is 48.5 Å². The van der Waals surface area contributed by atoms with E-state index in [9.17, 15) is 18.7 Å². The minimum absolute atomic E-state index is 0.0559. The number of esters is 1. The van der Waals surface area contributed by atoms with E-state index in [-0.39, 0.29) is 40.5 Å². The zero-order chi connectivity index (χ0) is 21.0. The number of carbonyl (C=O) groups is 1. The summed E-state index contributed by atoms with van der Waals surface area (Å²) < 4.78 is 45.9. The summed E-state index contributed by atoms with van der Waals surface area (Å²) in [7, 11) is 0. The van der Waals surface area contributed by atoms with Crippen molar-refractivity contribution in [3.05, 3.63) is 82.4 Å². The van der Waals surface area contributed by atoms with Crippen LogP contribution in [0, 0.1) is 24.0 Å². The molecule has 1 spiro atoms. The number of hydrogen-bond donors (Lipinski definition) is 1. The second-order valence-electron chi connectivity index (χ2n) is 6.79. The Balaban J connectivity index is 1.84. The number of terminal acetylenes is 1. The summed E-state index contributed by atoms with van der Waals surface area (Å²) in [5.41, 5.74) is -0.707. The maximum absolute atomic E-state index is 14.8. The Labute approximate surface area is 169 Å². The van der Waals surface area contributed by atoms with Gasteiger partial charge in [-0.15, -0.1) is 6.42 Å². The van der Waals surface area contributed by atoms with Gasteiger partial charge >= 0.3 is 5.97 Å². The summed E-state index contributed by atoms with van der Waals surface area (Å²) in [6.07, 6.45) is 5.17. The molecule has 0 bridgehead atoms. The summed E-state index contributed by atoms with van der Waals surface area (Å²) in [6.45, 7) is -0.165. The summed E-state index contributed by atoms with van der Waals surface area (Å²) in [6, 6.07) is 11.1. The Morgan fingerprint density at radius 3 is 2.50 bits per heavy atom. The molecule has 3 aromatic carbocycles. The number of rotatable bonds is 2. The summed E-state index contributed by atoms with van der Waals surface area (Å²) in [4.78, 5) is 12.7. The van der Waals surface area contributed by atoms with E-state index < -0.39 is 29.0 Å². The Morgan fingerprint density at radius 2 is 1.73 bits per heavy atom. The van der Waals surface area contributed by atoms with Gasteiger partial charge in [-0.25, -0.2) is 13.6 Å². The molecule has 0 amide bonds. The van der Waals surface area contributed by atoms with Crippen molar-refractivity contribution in [2.45, 2.75) is 5.60 Å². The van der Waals surface area contributed by atoms with Gasteiger partial charge in [-0.05, 0) is 18.2 Å². The van der Waals surface area contributed by atoms with E-state index in [4.69, 9.17) is 20.6 Å². The molecule has 2 heterocycles. The number of ether oxygens (including phenoxy) is 3. The fraction of sp³-hybridized carbons (Fsp3) is 0.0870. The maximum atomic E-state index is 14.8. The molecule has 0 fully saturated rings. The summed E-state index contributed by atoms with van der Waals surface area (Å²) in [5, 5.41) is 9.85. The van der Waals surface area contributed by atoms with Crippen LogP contribution >= 0.6 is 0 Å². The van der Waals surface area contributed by atoms with E-state index in [2.05, 4.69) is 5.92 Å². The van der Waals surface area contributed by atoms with Crippen LogP contribution in [0.2, 0.25) is 0 Å². The fourth-order valence-corrected chi connectivity index (χ4v) is 3.91. The number of carbonyl (C=O) groups excluding carboxylic acids is 1. The van der Waals surface area contributed by atoms with E-state index in [1.165, 1.54) is 6.07 Å². The number of hydrogen-bond acceptors (Lipinski definition) is 5. The number of fused-ring (bicyclic) bond motifs is 6. The molecule has 1 N–H and O–H groups in total. The van der Waals surface area contributed by atoms with Gasteiger partial charge in [0.2, 0.25) is 0 Å². The molecule has 2 aliphatic heterocycles. The van der Waals surface area contributed by atoms with Gasteiger partial charge in [-0.2, -0.15) is 0 Å². The average molecular weight is 406 g/mol. The van der Waals surface area contributed by atoms with E-state index >= 15 is 0 Å². The number of halogens is 2. The third-order valence-corrected chi connectivity index (χ3v) is 5.14. The molecule has 7 heteroatoms. The Morgan fingerprint density at radius 1 is 1.03 bits per heavy atom. The normalized spacial score (nSPS) is 18.0.